The zero-order valence-corrected chi connectivity index (χ0v) is 18.0. The molecule has 168 valence electrons. The van der Waals surface area contributed by atoms with Crippen LogP contribution in [0.3, 0.4) is 0 Å². The Morgan fingerprint density at radius 2 is 2.13 bits per heavy atom. The second-order valence-corrected chi connectivity index (χ2v) is 8.94. The average Bonchev–Trinajstić information content (AvgIpc) is 2.97. The maximum absolute atomic E-state index is 13.9. The molecule has 11 heteroatoms. The van der Waals surface area contributed by atoms with Gasteiger partial charge in [0.2, 0.25) is 15.9 Å². The van der Waals surface area contributed by atoms with E-state index in [1.165, 1.54) is 29.2 Å². The molecule has 1 amide bonds. The van der Waals surface area contributed by atoms with Gasteiger partial charge in [-0.15, -0.1) is 0 Å². The van der Waals surface area contributed by atoms with Gasteiger partial charge < -0.3 is 19.9 Å². The molecule has 0 radical (unpaired) electrons. The molecule has 1 fully saturated rings. The zero-order valence-electron chi connectivity index (χ0n) is 17.2. The maximum Gasteiger partial charge on any atom is 0.237 e. The minimum atomic E-state index is -3.77. The summed E-state index contributed by atoms with van der Waals surface area (Å²) in [5, 5.41) is 12.8. The number of rotatable bonds is 11. The van der Waals surface area contributed by atoms with Crippen molar-refractivity contribution in [3.05, 3.63) is 41.1 Å². The van der Waals surface area contributed by atoms with Crippen molar-refractivity contribution in [2.75, 3.05) is 26.5 Å². The third-order valence-electron chi connectivity index (χ3n) is 4.10. The molecule has 1 aromatic carbocycles. The predicted molar refractivity (Wildman–Crippen MR) is 108 cm³/mol. The summed E-state index contributed by atoms with van der Waals surface area (Å²) >= 11 is 0. The zero-order chi connectivity index (χ0) is 22.3. The Hall–Kier alpha value is -2.05. The molecular formula is C19H28FN3O6S. The monoisotopic (exact) mass is 445 g/mol. The van der Waals surface area contributed by atoms with Gasteiger partial charge in [-0.3, -0.25) is 4.79 Å². The van der Waals surface area contributed by atoms with Crippen LogP contribution in [0.4, 0.5) is 4.39 Å². The fourth-order valence-corrected chi connectivity index (χ4v) is 3.62. The highest BCUT2D eigenvalue weighted by molar-refractivity contribution is 7.92. The lowest BCUT2D eigenvalue weighted by atomic mass is 10.1. The van der Waals surface area contributed by atoms with Crippen LogP contribution in [0.2, 0.25) is 0 Å². The number of hydrogen-bond acceptors (Lipinski definition) is 7. The first kappa shape index (κ1) is 24.2. The molecule has 1 aliphatic rings. The number of halogens is 1. The number of carbonyl (C=O) groups excluding carboxylic acids is 1. The number of ether oxygens (including phenoxy) is 2. The van der Waals surface area contributed by atoms with Crippen LogP contribution in [-0.4, -0.2) is 57.2 Å². The van der Waals surface area contributed by atoms with E-state index in [0.717, 1.165) is 5.41 Å². The van der Waals surface area contributed by atoms with E-state index >= 15 is 0 Å². The van der Waals surface area contributed by atoms with Gasteiger partial charge in [-0.2, -0.15) is 0 Å². The summed E-state index contributed by atoms with van der Waals surface area (Å²) in [6.45, 7) is 5.81. The Morgan fingerprint density at radius 3 is 2.77 bits per heavy atom. The van der Waals surface area contributed by atoms with E-state index in [1.807, 2.05) is 13.8 Å². The number of aliphatic hydroxyl groups excluding tert-OH is 1. The molecule has 2 rings (SSSR count). The quantitative estimate of drug-likeness (QED) is 0.436. The standard InChI is InChI=1S/C19H28FN3O6S/c1-13(2)11-29-17-9-15(5-6-16(17)20)14(3)22-30(26,27)8-4-7-28-12-23-10-18(24)21-19(23)25/h4-6,8-9,13-14,19,22,25H,7,10-12H2,1-3H3,(H,21,24)/b8-4+/t14-,19?/m1/s1. The van der Waals surface area contributed by atoms with Gasteiger partial charge in [-0.25, -0.2) is 22.4 Å². The Bertz CT molecular complexity index is 862. The number of aliphatic hydroxyl groups is 1. The van der Waals surface area contributed by atoms with Crippen molar-refractivity contribution in [3.8, 4) is 5.75 Å². The van der Waals surface area contributed by atoms with Crippen LogP contribution < -0.4 is 14.8 Å². The molecule has 0 spiro atoms. The summed E-state index contributed by atoms with van der Waals surface area (Å²) in [5.74, 6) is -0.525. The molecule has 1 heterocycles. The third kappa shape index (κ3) is 7.65. The largest absolute Gasteiger partial charge is 0.490 e. The molecule has 0 saturated carbocycles. The first-order chi connectivity index (χ1) is 14.1. The minimum absolute atomic E-state index is 0.00277. The fraction of sp³-hybridized carbons (Fsp3) is 0.526. The molecule has 1 aliphatic heterocycles. The third-order valence-corrected chi connectivity index (χ3v) is 5.33. The number of nitrogens with one attached hydrogen (secondary N) is 2. The lowest BCUT2D eigenvalue weighted by molar-refractivity contribution is -0.119. The van der Waals surface area contributed by atoms with Crippen LogP contribution in [0.25, 0.3) is 0 Å². The molecule has 30 heavy (non-hydrogen) atoms. The van der Waals surface area contributed by atoms with Gasteiger partial charge in [0, 0.05) is 11.4 Å². The second kappa shape index (κ2) is 10.8. The number of sulfonamides is 1. The van der Waals surface area contributed by atoms with Crippen molar-refractivity contribution in [1.29, 1.82) is 0 Å². The molecule has 2 atom stereocenters. The summed E-state index contributed by atoms with van der Waals surface area (Å²) < 4.78 is 51.5. The van der Waals surface area contributed by atoms with Crippen molar-refractivity contribution in [3.63, 3.8) is 0 Å². The average molecular weight is 446 g/mol. The van der Waals surface area contributed by atoms with Crippen LogP contribution in [-0.2, 0) is 19.6 Å². The first-order valence-electron chi connectivity index (χ1n) is 9.47. The Balaban J connectivity index is 1.86. The molecule has 1 saturated heterocycles. The highest BCUT2D eigenvalue weighted by atomic mass is 32.2. The Labute approximate surface area is 175 Å². The molecule has 3 N–H and O–H groups in total. The molecular weight excluding hydrogens is 417 g/mol. The highest BCUT2D eigenvalue weighted by Gasteiger charge is 2.27. The van der Waals surface area contributed by atoms with Gasteiger partial charge in [0.15, 0.2) is 17.9 Å². The Kier molecular flexibility index (Phi) is 8.74. The van der Waals surface area contributed by atoms with Crippen molar-refractivity contribution in [2.24, 2.45) is 5.92 Å². The highest BCUT2D eigenvalue weighted by Crippen LogP contribution is 2.24. The lowest BCUT2D eigenvalue weighted by Gasteiger charge is -2.17. The SMILES string of the molecule is CC(C)COc1cc([C@@H](C)NS(=O)(=O)/C=C/COCN2CC(=O)NC2O)ccc1F. The molecule has 0 aliphatic carbocycles. The summed E-state index contributed by atoms with van der Waals surface area (Å²) in [5.41, 5.74) is 0.559. The smallest absolute Gasteiger partial charge is 0.237 e. The van der Waals surface area contributed by atoms with Crippen LogP contribution in [0.1, 0.15) is 32.4 Å². The normalized spacial score (nSPS) is 18.9. The van der Waals surface area contributed by atoms with E-state index in [9.17, 15) is 22.7 Å². The number of hydrogen-bond donors (Lipinski definition) is 3. The predicted octanol–water partition coefficient (Wildman–Crippen LogP) is 1.04. The van der Waals surface area contributed by atoms with E-state index in [0.29, 0.717) is 12.2 Å². The maximum atomic E-state index is 13.9. The topological polar surface area (TPSA) is 117 Å². The summed E-state index contributed by atoms with van der Waals surface area (Å²) in [4.78, 5) is 12.5. The number of amides is 1. The lowest BCUT2D eigenvalue weighted by Crippen LogP contribution is -2.36. The van der Waals surface area contributed by atoms with E-state index in [4.69, 9.17) is 9.47 Å². The van der Waals surface area contributed by atoms with Crippen molar-refractivity contribution < 1.29 is 32.2 Å². The van der Waals surface area contributed by atoms with Crippen molar-refractivity contribution in [1.82, 2.24) is 14.9 Å². The van der Waals surface area contributed by atoms with E-state index in [-0.39, 0.29) is 37.5 Å². The molecule has 0 bridgehead atoms. The van der Waals surface area contributed by atoms with Crippen LogP contribution >= 0.6 is 0 Å². The summed E-state index contributed by atoms with van der Waals surface area (Å²) in [6, 6.07) is 3.61. The van der Waals surface area contributed by atoms with E-state index in [1.54, 1.807) is 6.92 Å². The summed E-state index contributed by atoms with van der Waals surface area (Å²) in [7, 11) is -3.77. The Morgan fingerprint density at radius 1 is 1.40 bits per heavy atom. The van der Waals surface area contributed by atoms with Gasteiger partial charge in [0.25, 0.3) is 0 Å². The van der Waals surface area contributed by atoms with E-state index < -0.39 is 28.2 Å². The fourth-order valence-electron chi connectivity index (χ4n) is 2.58. The summed E-state index contributed by atoms with van der Waals surface area (Å²) in [6.07, 6.45) is 0.187. The second-order valence-electron chi connectivity index (χ2n) is 7.34. The molecule has 9 nitrogen and oxygen atoms in total. The minimum Gasteiger partial charge on any atom is -0.490 e. The molecule has 1 unspecified atom stereocenters. The van der Waals surface area contributed by atoms with Gasteiger partial charge in [0.1, 0.15) is 6.73 Å². The van der Waals surface area contributed by atoms with Crippen LogP contribution in [0, 0.1) is 11.7 Å². The van der Waals surface area contributed by atoms with Crippen molar-refractivity contribution >= 4 is 15.9 Å². The van der Waals surface area contributed by atoms with Gasteiger partial charge >= 0.3 is 0 Å². The van der Waals surface area contributed by atoms with Gasteiger partial charge in [0.05, 0.1) is 19.8 Å². The van der Waals surface area contributed by atoms with Crippen molar-refractivity contribution in [2.45, 2.75) is 33.2 Å². The molecule has 0 aromatic heterocycles. The van der Waals surface area contributed by atoms with Crippen LogP contribution in [0.5, 0.6) is 5.75 Å². The van der Waals surface area contributed by atoms with Gasteiger partial charge in [-0.1, -0.05) is 19.9 Å². The van der Waals surface area contributed by atoms with Crippen LogP contribution in [0.15, 0.2) is 29.7 Å². The number of benzene rings is 1. The molecule has 1 aromatic rings. The first-order valence-corrected chi connectivity index (χ1v) is 11.0. The van der Waals surface area contributed by atoms with E-state index in [2.05, 4.69) is 10.0 Å². The number of nitrogens with zero attached hydrogens (tertiary/aromatic N) is 1. The van der Waals surface area contributed by atoms with Gasteiger partial charge in [-0.05, 0) is 36.6 Å². The number of carbonyl (C=O) groups is 1.